The Kier molecular flexibility index (Phi) is 8.12. The van der Waals surface area contributed by atoms with Crippen LogP contribution in [-0.2, 0) is 11.4 Å². The molecule has 1 saturated heterocycles. The van der Waals surface area contributed by atoms with E-state index in [0.717, 1.165) is 16.9 Å². The minimum atomic E-state index is -0.174. The molecule has 0 saturated carbocycles. The van der Waals surface area contributed by atoms with Gasteiger partial charge in [-0.05, 0) is 60.4 Å². The second-order valence-corrected chi connectivity index (χ2v) is 8.38. The molecule has 4 rings (SSSR count). The number of benzene rings is 3. The summed E-state index contributed by atoms with van der Waals surface area (Å²) in [4.78, 5) is 27.1. The van der Waals surface area contributed by atoms with Crippen LogP contribution in [0.15, 0.2) is 84.0 Å². The van der Waals surface area contributed by atoms with E-state index in [2.05, 4.69) is 10.5 Å². The van der Waals surface area contributed by atoms with E-state index in [-0.39, 0.29) is 17.7 Å². The molecule has 1 fully saturated rings. The molecule has 0 unspecified atom stereocenters. The summed E-state index contributed by atoms with van der Waals surface area (Å²) < 4.78 is 11.0. The predicted octanol–water partition coefficient (Wildman–Crippen LogP) is 4.28. The largest absolute Gasteiger partial charge is 0.497 e. The number of amides is 2. The lowest BCUT2D eigenvalue weighted by molar-refractivity contribution is -0.126. The van der Waals surface area contributed by atoms with Gasteiger partial charge in [-0.2, -0.15) is 5.10 Å². The molecule has 0 spiro atoms. The molecule has 1 aliphatic rings. The summed E-state index contributed by atoms with van der Waals surface area (Å²) in [5, 5.41) is 4.12. The molecule has 7 heteroatoms. The van der Waals surface area contributed by atoms with Gasteiger partial charge in [-0.25, -0.2) is 5.43 Å². The zero-order valence-corrected chi connectivity index (χ0v) is 19.7. The normalized spacial score (nSPS) is 14.0. The average Bonchev–Trinajstić information content (AvgIpc) is 2.92. The molecule has 1 N–H and O–H groups in total. The first-order valence-electron chi connectivity index (χ1n) is 11.7. The van der Waals surface area contributed by atoms with Crippen LogP contribution in [0.5, 0.6) is 11.5 Å². The van der Waals surface area contributed by atoms with Crippen molar-refractivity contribution in [2.45, 2.75) is 19.4 Å². The number of carbonyl (C=O) groups excluding carboxylic acids is 2. The number of methoxy groups -OCH3 is 1. The number of carbonyl (C=O) groups is 2. The van der Waals surface area contributed by atoms with Crippen molar-refractivity contribution in [3.63, 3.8) is 0 Å². The van der Waals surface area contributed by atoms with E-state index in [4.69, 9.17) is 9.47 Å². The Labute approximate surface area is 205 Å². The van der Waals surface area contributed by atoms with Crippen LogP contribution in [0.25, 0.3) is 0 Å². The Bertz CT molecular complexity index is 1150. The number of piperidine rings is 1. The third-order valence-electron chi connectivity index (χ3n) is 5.98. The standard InChI is InChI=1S/C28H29N3O4/c1-34-25-12-10-24(11-13-25)28(33)31-16-14-23(15-17-31)27(32)30-29-19-22-8-5-9-26(18-22)35-20-21-6-3-2-4-7-21/h2-13,18-19,23H,14-17,20H2,1H3,(H,30,32)/b29-19-. The van der Waals surface area contributed by atoms with Crippen LogP contribution in [0.2, 0.25) is 0 Å². The highest BCUT2D eigenvalue weighted by molar-refractivity contribution is 5.94. The Balaban J connectivity index is 1.23. The minimum Gasteiger partial charge on any atom is -0.497 e. The highest BCUT2D eigenvalue weighted by Crippen LogP contribution is 2.20. The van der Waals surface area contributed by atoms with Gasteiger partial charge in [-0.15, -0.1) is 0 Å². The lowest BCUT2D eigenvalue weighted by Gasteiger charge is -2.31. The molecule has 2 amide bonds. The zero-order valence-electron chi connectivity index (χ0n) is 19.7. The minimum absolute atomic E-state index is 0.0288. The van der Waals surface area contributed by atoms with Crippen molar-refractivity contribution in [3.05, 3.63) is 95.6 Å². The molecule has 3 aromatic carbocycles. The Morgan fingerprint density at radius 2 is 1.71 bits per heavy atom. The number of nitrogens with zero attached hydrogens (tertiary/aromatic N) is 2. The van der Waals surface area contributed by atoms with Crippen molar-refractivity contribution in [3.8, 4) is 11.5 Å². The van der Waals surface area contributed by atoms with Gasteiger partial charge in [0.05, 0.1) is 13.3 Å². The predicted molar refractivity (Wildman–Crippen MR) is 135 cm³/mol. The monoisotopic (exact) mass is 471 g/mol. The van der Waals surface area contributed by atoms with Gasteiger partial charge in [0.25, 0.3) is 5.91 Å². The van der Waals surface area contributed by atoms with Crippen LogP contribution in [0.3, 0.4) is 0 Å². The van der Waals surface area contributed by atoms with Gasteiger partial charge in [0.15, 0.2) is 0 Å². The summed E-state index contributed by atoms with van der Waals surface area (Å²) >= 11 is 0. The summed E-state index contributed by atoms with van der Waals surface area (Å²) in [6, 6.07) is 24.6. The molecule has 1 heterocycles. The topological polar surface area (TPSA) is 80.2 Å². The van der Waals surface area contributed by atoms with Crippen molar-refractivity contribution in [1.29, 1.82) is 0 Å². The fraction of sp³-hybridized carbons (Fsp3) is 0.250. The van der Waals surface area contributed by atoms with Crippen molar-refractivity contribution in [2.75, 3.05) is 20.2 Å². The van der Waals surface area contributed by atoms with Gasteiger partial charge in [-0.3, -0.25) is 9.59 Å². The quantitative estimate of drug-likeness (QED) is 0.393. The van der Waals surface area contributed by atoms with Gasteiger partial charge in [0.2, 0.25) is 5.91 Å². The van der Waals surface area contributed by atoms with E-state index < -0.39 is 0 Å². The Morgan fingerprint density at radius 1 is 0.971 bits per heavy atom. The van der Waals surface area contributed by atoms with Gasteiger partial charge < -0.3 is 14.4 Å². The van der Waals surface area contributed by atoms with Crippen molar-refractivity contribution in [1.82, 2.24) is 10.3 Å². The molecule has 35 heavy (non-hydrogen) atoms. The maximum Gasteiger partial charge on any atom is 0.253 e. The first-order valence-corrected chi connectivity index (χ1v) is 11.7. The smallest absolute Gasteiger partial charge is 0.253 e. The highest BCUT2D eigenvalue weighted by atomic mass is 16.5. The molecular weight excluding hydrogens is 442 g/mol. The molecular formula is C28H29N3O4. The number of nitrogens with one attached hydrogen (secondary N) is 1. The average molecular weight is 472 g/mol. The first-order chi connectivity index (χ1) is 17.1. The molecule has 0 aromatic heterocycles. The second kappa shape index (κ2) is 11.8. The van der Waals surface area contributed by atoms with Gasteiger partial charge >= 0.3 is 0 Å². The van der Waals surface area contributed by atoms with Crippen LogP contribution in [0.4, 0.5) is 0 Å². The molecule has 180 valence electrons. The van der Waals surface area contributed by atoms with Crippen LogP contribution in [0, 0.1) is 5.92 Å². The SMILES string of the molecule is COc1ccc(C(=O)N2CCC(C(=O)N/N=C\c3cccc(OCc4ccccc4)c3)CC2)cc1. The molecule has 3 aromatic rings. The zero-order chi connectivity index (χ0) is 24.5. The number of likely N-dealkylation sites (tertiary alicyclic amines) is 1. The van der Waals surface area contributed by atoms with E-state index in [1.807, 2.05) is 54.6 Å². The highest BCUT2D eigenvalue weighted by Gasteiger charge is 2.27. The number of hydrogen-bond acceptors (Lipinski definition) is 5. The van der Waals surface area contributed by atoms with Gasteiger partial charge in [0.1, 0.15) is 18.1 Å². The Hall–Kier alpha value is -4.13. The van der Waals surface area contributed by atoms with Crippen LogP contribution in [-0.4, -0.2) is 43.1 Å². The van der Waals surface area contributed by atoms with Gasteiger partial charge in [-0.1, -0.05) is 42.5 Å². The van der Waals surface area contributed by atoms with Crippen LogP contribution >= 0.6 is 0 Å². The van der Waals surface area contributed by atoms with E-state index in [1.54, 1.807) is 42.5 Å². The molecule has 0 radical (unpaired) electrons. The maximum absolute atomic E-state index is 12.7. The molecule has 0 atom stereocenters. The van der Waals surface area contributed by atoms with Crippen molar-refractivity contribution < 1.29 is 19.1 Å². The number of ether oxygens (including phenoxy) is 2. The molecule has 0 aliphatic carbocycles. The summed E-state index contributed by atoms with van der Waals surface area (Å²) in [6.07, 6.45) is 2.81. The van der Waals surface area contributed by atoms with E-state index in [0.29, 0.717) is 43.9 Å². The van der Waals surface area contributed by atoms with E-state index >= 15 is 0 Å². The van der Waals surface area contributed by atoms with E-state index in [1.165, 1.54) is 0 Å². The lowest BCUT2D eigenvalue weighted by Crippen LogP contribution is -2.42. The summed E-state index contributed by atoms with van der Waals surface area (Å²) in [5.74, 6) is 1.11. The second-order valence-electron chi connectivity index (χ2n) is 8.38. The fourth-order valence-corrected chi connectivity index (χ4v) is 3.95. The van der Waals surface area contributed by atoms with Crippen LogP contribution in [0.1, 0.15) is 34.3 Å². The van der Waals surface area contributed by atoms with Crippen molar-refractivity contribution >= 4 is 18.0 Å². The first kappa shape index (κ1) is 24.0. The third kappa shape index (κ3) is 6.69. The fourth-order valence-electron chi connectivity index (χ4n) is 3.95. The molecule has 0 bridgehead atoms. The van der Waals surface area contributed by atoms with E-state index in [9.17, 15) is 9.59 Å². The third-order valence-corrected chi connectivity index (χ3v) is 5.98. The number of hydrogen-bond donors (Lipinski definition) is 1. The molecule has 1 aliphatic heterocycles. The number of hydrazone groups is 1. The summed E-state index contributed by atoms with van der Waals surface area (Å²) in [6.45, 7) is 1.55. The summed E-state index contributed by atoms with van der Waals surface area (Å²) in [7, 11) is 1.59. The Morgan fingerprint density at radius 3 is 2.43 bits per heavy atom. The van der Waals surface area contributed by atoms with Gasteiger partial charge in [0, 0.05) is 24.6 Å². The molecule has 7 nitrogen and oxygen atoms in total. The number of rotatable bonds is 8. The lowest BCUT2D eigenvalue weighted by atomic mass is 9.95. The summed E-state index contributed by atoms with van der Waals surface area (Å²) in [5.41, 5.74) is 5.18. The van der Waals surface area contributed by atoms with Crippen LogP contribution < -0.4 is 14.9 Å². The van der Waals surface area contributed by atoms with Crippen molar-refractivity contribution in [2.24, 2.45) is 11.0 Å². The maximum atomic E-state index is 12.7.